The van der Waals surface area contributed by atoms with Gasteiger partial charge in [-0.25, -0.2) is 19.2 Å². The highest BCUT2D eigenvalue weighted by Crippen LogP contribution is 2.19. The predicted octanol–water partition coefficient (Wildman–Crippen LogP) is 1.13. The maximum absolute atomic E-state index is 12.4. The van der Waals surface area contributed by atoms with Crippen molar-refractivity contribution in [1.29, 1.82) is 0 Å². The summed E-state index contributed by atoms with van der Waals surface area (Å²) < 4.78 is 26.2. The zero-order valence-corrected chi connectivity index (χ0v) is 13.0. The molecule has 0 aliphatic rings. The third-order valence-electron chi connectivity index (χ3n) is 2.92. The predicted molar refractivity (Wildman–Crippen MR) is 79.5 cm³/mol. The maximum Gasteiger partial charge on any atom is 0.243 e. The molecule has 1 unspecified atom stereocenters. The van der Waals surface area contributed by atoms with Gasteiger partial charge in [0.05, 0.1) is 4.90 Å². The van der Waals surface area contributed by atoms with E-state index in [9.17, 15) is 8.42 Å². The molecular formula is C11H20N4O2S2. The molecule has 1 aromatic rings. The number of nitrogens with two attached hydrogens (primary N) is 1. The van der Waals surface area contributed by atoms with Crippen LogP contribution in [0, 0.1) is 0 Å². The zero-order chi connectivity index (χ0) is 14.5. The topological polar surface area (TPSA) is 88.3 Å². The van der Waals surface area contributed by atoms with Crippen molar-refractivity contribution in [1.82, 2.24) is 9.29 Å². The fraction of sp³-hybridized carbons (Fsp3) is 0.545. The number of nitrogens with one attached hydrogen (secondary N) is 1. The lowest BCUT2D eigenvalue weighted by molar-refractivity contribution is 0.382. The Morgan fingerprint density at radius 2 is 2.26 bits per heavy atom. The van der Waals surface area contributed by atoms with Crippen molar-refractivity contribution in [3.63, 3.8) is 0 Å². The van der Waals surface area contributed by atoms with Crippen LogP contribution in [0.4, 0.5) is 5.82 Å². The molecule has 1 atom stereocenters. The van der Waals surface area contributed by atoms with E-state index >= 15 is 0 Å². The summed E-state index contributed by atoms with van der Waals surface area (Å²) in [5.41, 5.74) is 2.34. The van der Waals surface area contributed by atoms with E-state index < -0.39 is 10.0 Å². The number of hydrogen-bond donors (Lipinski definition) is 2. The van der Waals surface area contributed by atoms with Gasteiger partial charge in [-0.1, -0.05) is 0 Å². The van der Waals surface area contributed by atoms with Crippen LogP contribution in [0.5, 0.6) is 0 Å². The first kappa shape index (κ1) is 16.2. The molecule has 0 saturated carbocycles. The van der Waals surface area contributed by atoms with Crippen LogP contribution in [0.25, 0.3) is 0 Å². The summed E-state index contributed by atoms with van der Waals surface area (Å²) in [4.78, 5) is 4.09. The van der Waals surface area contributed by atoms with E-state index in [2.05, 4.69) is 10.4 Å². The van der Waals surface area contributed by atoms with E-state index in [1.165, 1.54) is 22.6 Å². The Labute approximate surface area is 118 Å². The van der Waals surface area contributed by atoms with Crippen molar-refractivity contribution >= 4 is 27.6 Å². The Balaban J connectivity index is 2.95. The number of anilines is 1. The van der Waals surface area contributed by atoms with Crippen LogP contribution in [0.2, 0.25) is 0 Å². The van der Waals surface area contributed by atoms with Crippen molar-refractivity contribution < 1.29 is 8.42 Å². The third-order valence-corrected chi connectivity index (χ3v) is 5.53. The highest BCUT2D eigenvalue weighted by Gasteiger charge is 2.25. The summed E-state index contributed by atoms with van der Waals surface area (Å²) in [6.45, 7) is 1.90. The number of nitrogen functional groups attached to an aromatic ring is 1. The fourth-order valence-corrected chi connectivity index (χ4v) is 3.51. The number of hydrazine groups is 1. The van der Waals surface area contributed by atoms with E-state index in [1.54, 1.807) is 18.8 Å². The molecule has 19 heavy (non-hydrogen) atoms. The third kappa shape index (κ3) is 4.07. The van der Waals surface area contributed by atoms with Gasteiger partial charge < -0.3 is 5.43 Å². The van der Waals surface area contributed by atoms with Gasteiger partial charge in [-0.2, -0.15) is 16.1 Å². The zero-order valence-electron chi connectivity index (χ0n) is 11.3. The monoisotopic (exact) mass is 304 g/mol. The molecule has 3 N–H and O–H groups in total. The Bertz CT molecular complexity index is 507. The summed E-state index contributed by atoms with van der Waals surface area (Å²) in [5.74, 6) is 6.49. The van der Waals surface area contributed by atoms with Crippen molar-refractivity contribution in [2.75, 3.05) is 24.5 Å². The number of hydrogen-bond acceptors (Lipinski definition) is 6. The van der Waals surface area contributed by atoms with Crippen molar-refractivity contribution in [2.24, 2.45) is 5.84 Å². The molecule has 1 aromatic heterocycles. The number of aromatic nitrogens is 1. The second-order valence-corrected chi connectivity index (χ2v) is 7.16. The Morgan fingerprint density at radius 3 is 2.84 bits per heavy atom. The lowest BCUT2D eigenvalue weighted by atomic mass is 10.3. The Morgan fingerprint density at radius 1 is 1.58 bits per heavy atom. The summed E-state index contributed by atoms with van der Waals surface area (Å²) in [7, 11) is -1.92. The molecule has 0 amide bonds. The molecular weight excluding hydrogens is 284 g/mol. The Hall–Kier alpha value is -0.830. The summed E-state index contributed by atoms with van der Waals surface area (Å²) in [5, 5.41) is 0. The lowest BCUT2D eigenvalue weighted by Crippen LogP contribution is -2.35. The molecule has 0 aliphatic heterocycles. The molecule has 1 rings (SSSR count). The SMILES string of the molecule is CSCCC(C)N(C)S(=O)(=O)c1ccnc(NN)c1. The summed E-state index contributed by atoms with van der Waals surface area (Å²) in [6, 6.07) is 2.83. The van der Waals surface area contributed by atoms with Gasteiger partial charge >= 0.3 is 0 Å². The van der Waals surface area contributed by atoms with E-state index in [4.69, 9.17) is 5.84 Å². The van der Waals surface area contributed by atoms with Gasteiger partial charge in [-0.3, -0.25) is 0 Å². The van der Waals surface area contributed by atoms with Crippen LogP contribution in [0.3, 0.4) is 0 Å². The minimum atomic E-state index is -3.51. The lowest BCUT2D eigenvalue weighted by Gasteiger charge is -2.24. The number of thioether (sulfide) groups is 1. The normalized spacial score (nSPS) is 13.5. The molecule has 0 aliphatic carbocycles. The first-order chi connectivity index (χ1) is 8.93. The largest absolute Gasteiger partial charge is 0.308 e. The van der Waals surface area contributed by atoms with Crippen LogP contribution >= 0.6 is 11.8 Å². The molecule has 1 heterocycles. The first-order valence-corrected chi connectivity index (χ1v) is 8.66. The number of pyridine rings is 1. The maximum atomic E-state index is 12.4. The highest BCUT2D eigenvalue weighted by molar-refractivity contribution is 7.98. The molecule has 8 heteroatoms. The van der Waals surface area contributed by atoms with Crippen LogP contribution < -0.4 is 11.3 Å². The van der Waals surface area contributed by atoms with Crippen molar-refractivity contribution in [2.45, 2.75) is 24.3 Å². The van der Waals surface area contributed by atoms with Gasteiger partial charge in [0.25, 0.3) is 0 Å². The van der Waals surface area contributed by atoms with E-state index in [1.807, 2.05) is 13.2 Å². The number of sulfonamides is 1. The smallest absolute Gasteiger partial charge is 0.243 e. The number of nitrogens with zero attached hydrogens (tertiary/aromatic N) is 2. The average Bonchev–Trinajstić information content (AvgIpc) is 2.43. The second-order valence-electron chi connectivity index (χ2n) is 4.17. The van der Waals surface area contributed by atoms with Gasteiger partial charge in [0, 0.05) is 25.4 Å². The minimum Gasteiger partial charge on any atom is -0.308 e. The van der Waals surface area contributed by atoms with E-state index in [0.29, 0.717) is 5.82 Å². The molecule has 0 radical (unpaired) electrons. The molecule has 0 bridgehead atoms. The van der Waals surface area contributed by atoms with Crippen molar-refractivity contribution in [3.05, 3.63) is 18.3 Å². The van der Waals surface area contributed by atoms with Crippen LogP contribution in [0.1, 0.15) is 13.3 Å². The van der Waals surface area contributed by atoms with Gasteiger partial charge in [-0.05, 0) is 31.4 Å². The van der Waals surface area contributed by atoms with Crippen LogP contribution in [-0.4, -0.2) is 42.8 Å². The fourth-order valence-electron chi connectivity index (χ4n) is 1.52. The second kappa shape index (κ2) is 7.09. The van der Waals surface area contributed by atoms with Gasteiger partial charge in [0.15, 0.2) is 0 Å². The first-order valence-electron chi connectivity index (χ1n) is 5.83. The highest BCUT2D eigenvalue weighted by atomic mass is 32.2. The molecule has 0 spiro atoms. The molecule has 0 aromatic carbocycles. The van der Waals surface area contributed by atoms with E-state index in [-0.39, 0.29) is 10.9 Å². The van der Waals surface area contributed by atoms with Crippen LogP contribution in [0.15, 0.2) is 23.2 Å². The average molecular weight is 304 g/mol. The van der Waals surface area contributed by atoms with Crippen LogP contribution in [-0.2, 0) is 10.0 Å². The van der Waals surface area contributed by atoms with E-state index in [0.717, 1.165) is 12.2 Å². The Kier molecular flexibility index (Phi) is 6.05. The summed E-state index contributed by atoms with van der Waals surface area (Å²) in [6.07, 6.45) is 4.23. The molecule has 0 saturated heterocycles. The molecule has 6 nitrogen and oxygen atoms in total. The standard InChI is InChI=1S/C11H20N4O2S2/c1-9(5-7-18-3)15(2)19(16,17)10-4-6-13-11(8-10)14-12/h4,6,8-9H,5,7,12H2,1-3H3,(H,13,14). The summed E-state index contributed by atoms with van der Waals surface area (Å²) >= 11 is 1.70. The van der Waals surface area contributed by atoms with Gasteiger partial charge in [0.1, 0.15) is 5.82 Å². The molecule has 0 fully saturated rings. The van der Waals surface area contributed by atoms with Gasteiger partial charge in [0.2, 0.25) is 10.0 Å². The van der Waals surface area contributed by atoms with Gasteiger partial charge in [-0.15, -0.1) is 0 Å². The minimum absolute atomic E-state index is 0.0556. The van der Waals surface area contributed by atoms with Crippen molar-refractivity contribution in [3.8, 4) is 0 Å². The number of rotatable bonds is 7. The quantitative estimate of drug-likeness (QED) is 0.580. The molecule has 108 valence electrons.